The Morgan fingerprint density at radius 3 is 1.31 bits per heavy atom. The molecule has 0 aromatic rings. The number of rotatable bonds is 3. The summed E-state index contributed by atoms with van der Waals surface area (Å²) in [6.45, 7) is 0. The quantitative estimate of drug-likeness (QED) is 0.223. The zero-order chi connectivity index (χ0) is 9.72. The molecule has 0 spiro atoms. The molecule has 0 saturated heterocycles. The van der Waals surface area contributed by atoms with E-state index in [9.17, 15) is 9.59 Å². The van der Waals surface area contributed by atoms with Crippen molar-refractivity contribution in [3.8, 4) is 0 Å². The molecule has 0 amide bonds. The second-order valence-electron chi connectivity index (χ2n) is 1.71. The molecule has 8 nitrogen and oxygen atoms in total. The normalized spacial score (nSPS) is 13.5. The van der Waals surface area contributed by atoms with Crippen LogP contribution in [0, 0.1) is 0 Å². The van der Waals surface area contributed by atoms with Gasteiger partial charge >= 0.3 is 11.9 Å². The predicted octanol–water partition coefficient (Wildman–Crippen LogP) is -2.64. The Bertz CT molecular complexity index is 161. The van der Waals surface area contributed by atoms with E-state index in [1.165, 1.54) is 0 Å². The molecule has 0 bridgehead atoms. The molecule has 0 saturated carbocycles. The summed E-state index contributed by atoms with van der Waals surface area (Å²) < 4.78 is 0. The Morgan fingerprint density at radius 1 is 0.923 bits per heavy atom. The van der Waals surface area contributed by atoms with E-state index in [0.29, 0.717) is 0 Å². The largest absolute Gasteiger partial charge is 0.378 e. The van der Waals surface area contributed by atoms with Gasteiger partial charge in [0.25, 0.3) is 0 Å². The van der Waals surface area contributed by atoms with Crippen molar-refractivity contribution in [2.75, 3.05) is 0 Å². The van der Waals surface area contributed by atoms with E-state index >= 15 is 0 Å². The average molecular weight is 205 g/mol. The summed E-state index contributed by atoms with van der Waals surface area (Å²) in [6.07, 6.45) is -4.62. The van der Waals surface area contributed by atoms with Gasteiger partial charge in [0.2, 0.25) is 0 Å². The zero-order valence-electron chi connectivity index (χ0n) is 6.58. The summed E-state index contributed by atoms with van der Waals surface area (Å²) in [5.41, 5.74) is 0. The van der Waals surface area contributed by atoms with Gasteiger partial charge in [-0.2, -0.15) is 10.5 Å². The molecule has 1 radical (unpaired) electrons. The van der Waals surface area contributed by atoms with Crippen LogP contribution in [0.1, 0.15) is 0 Å². The van der Waals surface area contributed by atoms with Crippen LogP contribution in [0.4, 0.5) is 0 Å². The van der Waals surface area contributed by atoms with E-state index in [-0.39, 0.29) is 29.6 Å². The van der Waals surface area contributed by atoms with Crippen LogP contribution in [0.5, 0.6) is 0 Å². The third-order valence-corrected chi connectivity index (χ3v) is 0.962. The summed E-state index contributed by atoms with van der Waals surface area (Å²) in [5, 5.41) is 32.5. The fraction of sp³-hybridized carbons (Fsp3) is 0.500. The molecular weight excluding hydrogens is 199 g/mol. The topological polar surface area (TPSA) is 134 Å². The van der Waals surface area contributed by atoms with Crippen LogP contribution in [-0.4, -0.2) is 74.4 Å². The Kier molecular flexibility index (Phi) is 8.46. The Hall–Kier alpha value is -0.220. The van der Waals surface area contributed by atoms with Gasteiger partial charge in [0.15, 0.2) is 12.2 Å². The minimum absolute atomic E-state index is 0. The van der Waals surface area contributed by atoms with Crippen molar-refractivity contribution in [1.29, 1.82) is 0 Å². The molecular formula is C4H6NaO8. The SMILES string of the molecule is O=C(OO)C(O)C(O)C(=O)OO.[Na]. The molecule has 0 rings (SSSR count). The Labute approximate surface area is 93.8 Å². The van der Waals surface area contributed by atoms with Gasteiger partial charge in [0.05, 0.1) is 0 Å². The van der Waals surface area contributed by atoms with Gasteiger partial charge in [-0.05, 0) is 0 Å². The summed E-state index contributed by atoms with van der Waals surface area (Å²) >= 11 is 0. The smallest absolute Gasteiger partial charge is 0.373 e. The molecule has 0 aromatic heterocycles. The number of hydrogen-bond acceptors (Lipinski definition) is 8. The standard InChI is InChI=1S/C4H6O8.Na/c5-1(3(7)11-9)2(6)4(8)12-10;/h1-2,5-6,9-10H;. The molecule has 71 valence electrons. The molecule has 2 unspecified atom stereocenters. The van der Waals surface area contributed by atoms with Crippen LogP contribution >= 0.6 is 0 Å². The van der Waals surface area contributed by atoms with E-state index in [4.69, 9.17) is 20.7 Å². The summed E-state index contributed by atoms with van der Waals surface area (Å²) in [4.78, 5) is 26.4. The number of carbonyl (C=O) groups is 2. The molecule has 0 heterocycles. The van der Waals surface area contributed by atoms with Crippen LogP contribution in [0.15, 0.2) is 0 Å². The van der Waals surface area contributed by atoms with Crippen molar-refractivity contribution < 1.29 is 40.1 Å². The molecule has 0 aliphatic carbocycles. The molecule has 9 heteroatoms. The van der Waals surface area contributed by atoms with Gasteiger partial charge in [-0.1, -0.05) is 0 Å². The van der Waals surface area contributed by atoms with Crippen molar-refractivity contribution in [3.63, 3.8) is 0 Å². The first-order valence-electron chi connectivity index (χ1n) is 2.61. The summed E-state index contributed by atoms with van der Waals surface area (Å²) in [5.74, 6) is -3.29. The monoisotopic (exact) mass is 205 g/mol. The van der Waals surface area contributed by atoms with Crippen LogP contribution < -0.4 is 0 Å². The zero-order valence-corrected chi connectivity index (χ0v) is 8.58. The van der Waals surface area contributed by atoms with Gasteiger partial charge < -0.3 is 10.2 Å². The van der Waals surface area contributed by atoms with Crippen molar-refractivity contribution >= 4 is 41.5 Å². The second-order valence-corrected chi connectivity index (χ2v) is 1.71. The number of carbonyl (C=O) groups excluding carboxylic acids is 2. The number of aliphatic hydroxyl groups excluding tert-OH is 2. The molecule has 0 aliphatic heterocycles. The Balaban J connectivity index is 0. The van der Waals surface area contributed by atoms with Crippen molar-refractivity contribution in [2.24, 2.45) is 0 Å². The van der Waals surface area contributed by atoms with Gasteiger partial charge in [-0.25, -0.2) is 9.59 Å². The maximum absolute atomic E-state index is 10.2. The first kappa shape index (κ1) is 15.3. The fourth-order valence-electron chi connectivity index (χ4n) is 0.366. The maximum atomic E-state index is 10.2. The number of aliphatic hydroxyl groups is 2. The first-order chi connectivity index (χ1) is 5.54. The molecule has 13 heavy (non-hydrogen) atoms. The predicted molar refractivity (Wildman–Crippen MR) is 35.2 cm³/mol. The van der Waals surface area contributed by atoms with Crippen molar-refractivity contribution in [1.82, 2.24) is 0 Å². The van der Waals surface area contributed by atoms with Gasteiger partial charge in [0, 0.05) is 29.6 Å². The maximum Gasteiger partial charge on any atom is 0.373 e. The van der Waals surface area contributed by atoms with E-state index in [0.717, 1.165) is 0 Å². The van der Waals surface area contributed by atoms with Crippen LogP contribution in [0.3, 0.4) is 0 Å². The minimum Gasteiger partial charge on any atom is -0.378 e. The third-order valence-electron chi connectivity index (χ3n) is 0.962. The van der Waals surface area contributed by atoms with Crippen LogP contribution in [-0.2, 0) is 19.4 Å². The first-order valence-corrected chi connectivity index (χ1v) is 2.61. The van der Waals surface area contributed by atoms with E-state index in [1.807, 2.05) is 0 Å². The second kappa shape index (κ2) is 7.21. The summed E-state index contributed by atoms with van der Waals surface area (Å²) in [6, 6.07) is 0. The van der Waals surface area contributed by atoms with Gasteiger partial charge in [0.1, 0.15) is 0 Å². The molecule has 0 aliphatic rings. The molecule has 0 fully saturated rings. The van der Waals surface area contributed by atoms with E-state index in [1.54, 1.807) is 0 Å². The van der Waals surface area contributed by atoms with E-state index in [2.05, 4.69) is 9.78 Å². The number of hydrogen-bond donors (Lipinski definition) is 4. The van der Waals surface area contributed by atoms with Gasteiger partial charge in [-0.3, -0.25) is 9.78 Å². The summed E-state index contributed by atoms with van der Waals surface area (Å²) in [7, 11) is 0. The van der Waals surface area contributed by atoms with Gasteiger partial charge in [-0.15, -0.1) is 0 Å². The van der Waals surface area contributed by atoms with E-state index < -0.39 is 24.1 Å². The average Bonchev–Trinajstić information content (AvgIpc) is 2.12. The van der Waals surface area contributed by atoms with Crippen molar-refractivity contribution in [3.05, 3.63) is 0 Å². The fourth-order valence-corrected chi connectivity index (χ4v) is 0.366. The minimum atomic E-state index is -2.31. The van der Waals surface area contributed by atoms with Crippen LogP contribution in [0.2, 0.25) is 0 Å². The molecule has 4 N–H and O–H groups in total. The van der Waals surface area contributed by atoms with Crippen LogP contribution in [0.25, 0.3) is 0 Å². The Morgan fingerprint density at radius 2 is 1.15 bits per heavy atom. The molecule has 0 aromatic carbocycles. The molecule has 2 atom stereocenters. The third kappa shape index (κ3) is 4.52. The van der Waals surface area contributed by atoms with Crippen molar-refractivity contribution in [2.45, 2.75) is 12.2 Å².